The zero-order valence-electron chi connectivity index (χ0n) is 15.9. The van der Waals surface area contributed by atoms with Crippen LogP contribution < -0.4 is 4.57 Å². The molecule has 2 heterocycles. The number of rotatable bonds is 6. The van der Waals surface area contributed by atoms with Crippen molar-refractivity contribution in [3.8, 4) is 0 Å². The van der Waals surface area contributed by atoms with Gasteiger partial charge in [0.2, 0.25) is 0 Å². The number of carboxylic acid groups (broad SMARTS) is 1. The summed E-state index contributed by atoms with van der Waals surface area (Å²) in [5.41, 5.74) is 5.00. The average Bonchev–Trinajstić information content (AvgIpc) is 3.05. The fraction of sp³-hybridized carbons (Fsp3) is 0.304. The Morgan fingerprint density at radius 3 is 2.63 bits per heavy atom. The van der Waals surface area contributed by atoms with Crippen LogP contribution in [-0.2, 0) is 11.3 Å². The Balaban J connectivity index is 1.71. The normalized spacial score (nSPS) is 11.6. The molecular weight excluding hydrogens is 336 g/mol. The maximum atomic E-state index is 10.6. The van der Waals surface area contributed by atoms with Gasteiger partial charge in [0, 0.05) is 35.2 Å². The van der Waals surface area contributed by atoms with Crippen LogP contribution in [0.4, 0.5) is 0 Å². The third kappa shape index (κ3) is 3.16. The van der Waals surface area contributed by atoms with E-state index in [2.05, 4.69) is 66.1 Å². The van der Waals surface area contributed by atoms with E-state index in [9.17, 15) is 4.79 Å². The van der Waals surface area contributed by atoms with E-state index in [-0.39, 0.29) is 6.42 Å². The number of aromatic amines is 1. The molecule has 0 bridgehead atoms. The van der Waals surface area contributed by atoms with Gasteiger partial charge in [-0.2, -0.15) is 0 Å². The van der Waals surface area contributed by atoms with Crippen LogP contribution in [0.5, 0.6) is 0 Å². The van der Waals surface area contributed by atoms with Gasteiger partial charge in [-0.3, -0.25) is 4.79 Å². The molecule has 0 radical (unpaired) electrons. The van der Waals surface area contributed by atoms with E-state index in [0.717, 1.165) is 25.8 Å². The Kier molecular flexibility index (Phi) is 4.56. The fourth-order valence-electron chi connectivity index (χ4n) is 4.13. The van der Waals surface area contributed by atoms with Crippen molar-refractivity contribution in [2.24, 2.45) is 0 Å². The summed E-state index contributed by atoms with van der Waals surface area (Å²) in [4.78, 5) is 14.2. The van der Waals surface area contributed by atoms with E-state index in [0.29, 0.717) is 0 Å². The van der Waals surface area contributed by atoms with E-state index >= 15 is 0 Å². The zero-order valence-corrected chi connectivity index (χ0v) is 15.9. The number of pyridine rings is 1. The van der Waals surface area contributed by atoms with Crippen molar-refractivity contribution in [3.63, 3.8) is 0 Å². The number of fused-ring (bicyclic) bond motifs is 4. The second-order valence-corrected chi connectivity index (χ2v) is 7.38. The summed E-state index contributed by atoms with van der Waals surface area (Å²) >= 11 is 0. The van der Waals surface area contributed by atoms with Gasteiger partial charge in [-0.05, 0) is 49.3 Å². The summed E-state index contributed by atoms with van der Waals surface area (Å²) in [7, 11) is 0. The summed E-state index contributed by atoms with van der Waals surface area (Å²) in [6, 6.07) is 10.7. The number of aliphatic carboxylic acids is 1. The molecule has 4 rings (SSSR count). The summed E-state index contributed by atoms with van der Waals surface area (Å²) in [6.45, 7) is 5.32. The minimum Gasteiger partial charge on any atom is -0.481 e. The SMILES string of the molecule is Cc1c2c[n+](CCCCCC(=O)O)ccc2c(C)c2c1[nH]c1ccccc12. The number of unbranched alkanes of at least 4 members (excludes halogenated alkanes) is 2. The molecule has 4 nitrogen and oxygen atoms in total. The highest BCUT2D eigenvalue weighted by Crippen LogP contribution is 2.35. The van der Waals surface area contributed by atoms with Crippen molar-refractivity contribution in [3.05, 3.63) is 53.9 Å². The molecule has 0 spiro atoms. The van der Waals surface area contributed by atoms with Crippen molar-refractivity contribution in [2.75, 3.05) is 0 Å². The lowest BCUT2D eigenvalue weighted by molar-refractivity contribution is -0.696. The highest BCUT2D eigenvalue weighted by atomic mass is 16.4. The van der Waals surface area contributed by atoms with Crippen LogP contribution in [0.3, 0.4) is 0 Å². The van der Waals surface area contributed by atoms with Crippen LogP contribution in [-0.4, -0.2) is 16.1 Å². The fourth-order valence-corrected chi connectivity index (χ4v) is 4.13. The third-order valence-corrected chi connectivity index (χ3v) is 5.59. The first-order valence-electron chi connectivity index (χ1n) is 9.60. The van der Waals surface area contributed by atoms with E-state index in [4.69, 9.17) is 5.11 Å². The van der Waals surface area contributed by atoms with Crippen LogP contribution in [0.25, 0.3) is 32.6 Å². The predicted octanol–water partition coefficient (Wildman–Crippen LogP) is 5.02. The van der Waals surface area contributed by atoms with Gasteiger partial charge in [0.05, 0.1) is 10.9 Å². The number of para-hydroxylation sites is 1. The molecule has 0 saturated heterocycles. The largest absolute Gasteiger partial charge is 0.481 e. The minimum atomic E-state index is -0.707. The summed E-state index contributed by atoms with van der Waals surface area (Å²) in [5, 5.41) is 13.9. The van der Waals surface area contributed by atoms with Crippen molar-refractivity contribution in [1.29, 1.82) is 0 Å². The van der Waals surface area contributed by atoms with Crippen molar-refractivity contribution >= 4 is 38.5 Å². The summed E-state index contributed by atoms with van der Waals surface area (Å²) in [6.07, 6.45) is 7.33. The lowest BCUT2D eigenvalue weighted by atomic mass is 9.97. The van der Waals surface area contributed by atoms with Gasteiger partial charge in [-0.25, -0.2) is 4.57 Å². The number of nitrogens with one attached hydrogen (secondary N) is 1. The van der Waals surface area contributed by atoms with E-state index in [1.807, 2.05) is 0 Å². The number of hydrogen-bond acceptors (Lipinski definition) is 1. The molecule has 27 heavy (non-hydrogen) atoms. The molecule has 0 aliphatic rings. The zero-order chi connectivity index (χ0) is 19.0. The van der Waals surface area contributed by atoms with E-state index in [1.165, 1.54) is 43.7 Å². The maximum absolute atomic E-state index is 10.6. The first-order chi connectivity index (χ1) is 13.1. The van der Waals surface area contributed by atoms with Crippen LogP contribution in [0.1, 0.15) is 36.8 Å². The predicted molar refractivity (Wildman–Crippen MR) is 109 cm³/mol. The Morgan fingerprint density at radius 2 is 1.81 bits per heavy atom. The van der Waals surface area contributed by atoms with Crippen LogP contribution in [0, 0.1) is 13.8 Å². The molecule has 4 heteroatoms. The number of aromatic nitrogens is 2. The summed E-state index contributed by atoms with van der Waals surface area (Å²) < 4.78 is 2.23. The number of aryl methyl sites for hydroxylation is 3. The second-order valence-electron chi connectivity index (χ2n) is 7.38. The highest BCUT2D eigenvalue weighted by Gasteiger charge is 2.16. The first kappa shape index (κ1) is 17.5. The number of carbonyl (C=O) groups is 1. The van der Waals surface area contributed by atoms with Crippen LogP contribution in [0.2, 0.25) is 0 Å². The van der Waals surface area contributed by atoms with Gasteiger partial charge in [0.25, 0.3) is 0 Å². The lowest BCUT2D eigenvalue weighted by Gasteiger charge is -2.08. The van der Waals surface area contributed by atoms with Gasteiger partial charge in [-0.15, -0.1) is 0 Å². The molecule has 2 N–H and O–H groups in total. The molecule has 0 amide bonds. The number of nitrogens with zero attached hydrogens (tertiary/aromatic N) is 1. The second kappa shape index (κ2) is 7.03. The smallest absolute Gasteiger partial charge is 0.303 e. The van der Waals surface area contributed by atoms with E-state index in [1.54, 1.807) is 0 Å². The number of carboxylic acids is 1. The molecule has 0 aliphatic carbocycles. The molecule has 4 aromatic rings. The molecule has 2 aromatic carbocycles. The molecule has 0 saturated carbocycles. The van der Waals surface area contributed by atoms with Gasteiger partial charge in [0.1, 0.15) is 6.54 Å². The maximum Gasteiger partial charge on any atom is 0.303 e. The Morgan fingerprint density at radius 1 is 1.00 bits per heavy atom. The standard InChI is InChI=1S/C23H24N2O2/c1-15-17-11-13-25(12-7-3-4-10-21(26)27)14-19(17)16(2)23-22(15)18-8-5-6-9-20(18)24-23/h5-6,8-9,11,13-14H,3-4,7,10,12H2,1-2H3,(H,26,27)/p+1. The monoisotopic (exact) mass is 361 g/mol. The quantitative estimate of drug-likeness (QED) is 0.374. The van der Waals surface area contributed by atoms with Crippen LogP contribution >= 0.6 is 0 Å². The van der Waals surface area contributed by atoms with Gasteiger partial charge < -0.3 is 10.1 Å². The Hall–Kier alpha value is -2.88. The molecule has 0 fully saturated rings. The van der Waals surface area contributed by atoms with Crippen molar-refractivity contribution in [2.45, 2.75) is 46.1 Å². The number of benzene rings is 2. The molecule has 0 unspecified atom stereocenters. The van der Waals surface area contributed by atoms with Gasteiger partial charge in [0.15, 0.2) is 12.4 Å². The average molecular weight is 361 g/mol. The molecule has 138 valence electrons. The number of hydrogen-bond donors (Lipinski definition) is 2. The Labute approximate surface area is 158 Å². The van der Waals surface area contributed by atoms with Crippen LogP contribution in [0.15, 0.2) is 42.7 Å². The molecule has 0 atom stereocenters. The molecule has 0 aliphatic heterocycles. The molecule has 2 aromatic heterocycles. The highest BCUT2D eigenvalue weighted by molar-refractivity contribution is 6.16. The van der Waals surface area contributed by atoms with Crippen molar-refractivity contribution < 1.29 is 14.5 Å². The Bertz CT molecular complexity index is 1160. The first-order valence-corrected chi connectivity index (χ1v) is 9.60. The minimum absolute atomic E-state index is 0.263. The van der Waals surface area contributed by atoms with E-state index < -0.39 is 5.97 Å². The molecular formula is C23H25N2O2+. The lowest BCUT2D eigenvalue weighted by Crippen LogP contribution is -2.32. The van der Waals surface area contributed by atoms with Gasteiger partial charge in [-0.1, -0.05) is 18.2 Å². The third-order valence-electron chi connectivity index (χ3n) is 5.59. The summed E-state index contributed by atoms with van der Waals surface area (Å²) in [5.74, 6) is -0.707. The van der Waals surface area contributed by atoms with Crippen molar-refractivity contribution in [1.82, 2.24) is 4.98 Å². The topological polar surface area (TPSA) is 57.0 Å². The number of H-pyrrole nitrogens is 1. The van der Waals surface area contributed by atoms with Gasteiger partial charge >= 0.3 is 5.97 Å².